The Bertz CT molecular complexity index is 1120. The van der Waals surface area contributed by atoms with Gasteiger partial charge in [-0.05, 0) is 50.2 Å². The van der Waals surface area contributed by atoms with Gasteiger partial charge in [0.05, 0.1) is 5.56 Å². The van der Waals surface area contributed by atoms with E-state index >= 15 is 0 Å². The normalized spacial score (nSPS) is 10.7. The zero-order valence-corrected chi connectivity index (χ0v) is 15.1. The highest BCUT2D eigenvalue weighted by Crippen LogP contribution is 2.24. The topological polar surface area (TPSA) is 55.6 Å². The number of para-hydroxylation sites is 1. The van der Waals surface area contributed by atoms with Crippen LogP contribution in [-0.4, -0.2) is 15.3 Å². The zero-order chi connectivity index (χ0) is 18.8. The van der Waals surface area contributed by atoms with Crippen LogP contribution >= 0.6 is 0 Å². The molecular weight excluding hydrogens is 338 g/mol. The number of aromatic nitrogens is 2. The number of hydrogen-bond donors (Lipinski definition) is 1. The Morgan fingerprint density at radius 2 is 1.74 bits per heavy atom. The summed E-state index contributed by atoms with van der Waals surface area (Å²) in [5.41, 5.74) is 3.77. The van der Waals surface area contributed by atoms with Crippen LogP contribution < -0.4 is 10.1 Å². The third-order valence-electron chi connectivity index (χ3n) is 4.25. The van der Waals surface area contributed by atoms with Crippen LogP contribution in [-0.2, 0) is 0 Å². The van der Waals surface area contributed by atoms with Crippen molar-refractivity contribution in [3.8, 4) is 11.5 Å². The third-order valence-corrected chi connectivity index (χ3v) is 4.25. The number of carbonyl (C=O) groups is 1. The standard InChI is InChI=1S/C22H19N3O2/c1-15-13-16(2)25-12-11-20(21(25)23-15)22(26)24-17-7-6-10-19(14-17)27-18-8-4-3-5-9-18/h3-14H,1-2H3,(H,24,26). The molecule has 0 radical (unpaired) electrons. The van der Waals surface area contributed by atoms with Crippen molar-refractivity contribution in [3.63, 3.8) is 0 Å². The Kier molecular flexibility index (Phi) is 4.34. The molecule has 0 spiro atoms. The number of carbonyl (C=O) groups excluding carboxylic acids is 1. The van der Waals surface area contributed by atoms with Gasteiger partial charge in [0, 0.05) is 29.3 Å². The Balaban J connectivity index is 1.58. The first kappa shape index (κ1) is 16.8. The molecule has 0 fully saturated rings. The maximum Gasteiger partial charge on any atom is 0.259 e. The third kappa shape index (κ3) is 3.53. The Labute approximate surface area is 157 Å². The van der Waals surface area contributed by atoms with Crippen molar-refractivity contribution < 1.29 is 9.53 Å². The van der Waals surface area contributed by atoms with Crippen molar-refractivity contribution in [2.75, 3.05) is 5.32 Å². The predicted molar refractivity (Wildman–Crippen MR) is 106 cm³/mol. The molecule has 0 unspecified atom stereocenters. The molecule has 2 heterocycles. The van der Waals surface area contributed by atoms with Crippen LogP contribution in [0.5, 0.6) is 11.5 Å². The first-order chi connectivity index (χ1) is 13.1. The Morgan fingerprint density at radius 3 is 2.56 bits per heavy atom. The number of ether oxygens (including phenoxy) is 1. The van der Waals surface area contributed by atoms with Crippen LogP contribution in [0.25, 0.3) is 5.65 Å². The number of amides is 1. The van der Waals surface area contributed by atoms with Gasteiger partial charge in [-0.1, -0.05) is 24.3 Å². The number of benzene rings is 2. The molecule has 0 saturated carbocycles. The zero-order valence-electron chi connectivity index (χ0n) is 15.1. The minimum atomic E-state index is -0.202. The maximum absolute atomic E-state index is 12.8. The Hall–Kier alpha value is -3.60. The van der Waals surface area contributed by atoms with E-state index in [0.29, 0.717) is 22.6 Å². The smallest absolute Gasteiger partial charge is 0.259 e. The summed E-state index contributed by atoms with van der Waals surface area (Å²) >= 11 is 0. The van der Waals surface area contributed by atoms with E-state index in [1.165, 1.54) is 0 Å². The van der Waals surface area contributed by atoms with Crippen molar-refractivity contribution in [3.05, 3.63) is 89.9 Å². The summed E-state index contributed by atoms with van der Waals surface area (Å²) in [4.78, 5) is 17.3. The van der Waals surface area contributed by atoms with E-state index < -0.39 is 0 Å². The van der Waals surface area contributed by atoms with E-state index in [2.05, 4.69) is 10.3 Å². The number of nitrogens with one attached hydrogen (secondary N) is 1. The summed E-state index contributed by atoms with van der Waals surface area (Å²) in [5.74, 6) is 1.20. The number of hydrogen-bond acceptors (Lipinski definition) is 3. The lowest BCUT2D eigenvalue weighted by molar-refractivity contribution is 0.102. The second-order valence-electron chi connectivity index (χ2n) is 6.36. The molecule has 4 aromatic rings. The van der Waals surface area contributed by atoms with Crippen LogP contribution in [0.1, 0.15) is 21.7 Å². The maximum atomic E-state index is 12.8. The summed E-state index contributed by atoms with van der Waals surface area (Å²) in [7, 11) is 0. The first-order valence-electron chi connectivity index (χ1n) is 8.70. The largest absolute Gasteiger partial charge is 0.457 e. The van der Waals surface area contributed by atoms with E-state index in [1.54, 1.807) is 12.1 Å². The van der Waals surface area contributed by atoms with Crippen molar-refractivity contribution in [2.24, 2.45) is 0 Å². The van der Waals surface area contributed by atoms with Gasteiger partial charge in [0.2, 0.25) is 0 Å². The summed E-state index contributed by atoms with van der Waals surface area (Å²) in [6.45, 7) is 3.92. The summed E-state index contributed by atoms with van der Waals surface area (Å²) in [6, 6.07) is 20.6. The molecular formula is C22H19N3O2. The molecule has 0 aliphatic rings. The first-order valence-corrected chi connectivity index (χ1v) is 8.70. The fourth-order valence-electron chi connectivity index (χ4n) is 3.03. The average Bonchev–Trinajstić information content (AvgIpc) is 3.07. The summed E-state index contributed by atoms with van der Waals surface area (Å²) in [5, 5.41) is 2.93. The van der Waals surface area contributed by atoms with E-state index in [9.17, 15) is 4.79 Å². The van der Waals surface area contributed by atoms with Crippen LogP contribution in [0.2, 0.25) is 0 Å². The highest BCUT2D eigenvalue weighted by Gasteiger charge is 2.14. The van der Waals surface area contributed by atoms with Gasteiger partial charge < -0.3 is 14.5 Å². The van der Waals surface area contributed by atoms with E-state index in [0.717, 1.165) is 17.1 Å². The molecule has 0 atom stereocenters. The second-order valence-corrected chi connectivity index (χ2v) is 6.36. The molecule has 1 amide bonds. The van der Waals surface area contributed by atoms with Gasteiger partial charge in [0.15, 0.2) is 0 Å². The SMILES string of the molecule is Cc1cc(C)n2ccc(C(=O)Nc3cccc(Oc4ccccc4)c3)c2n1. The van der Waals surface area contributed by atoms with Gasteiger partial charge in [-0.25, -0.2) is 4.98 Å². The highest BCUT2D eigenvalue weighted by molar-refractivity contribution is 6.08. The van der Waals surface area contributed by atoms with E-state index in [1.807, 2.05) is 79.0 Å². The molecule has 0 bridgehead atoms. The molecule has 5 heteroatoms. The van der Waals surface area contributed by atoms with E-state index in [-0.39, 0.29) is 5.91 Å². The number of aryl methyl sites for hydroxylation is 2. The van der Waals surface area contributed by atoms with Crippen molar-refractivity contribution in [1.29, 1.82) is 0 Å². The van der Waals surface area contributed by atoms with Gasteiger partial charge in [-0.3, -0.25) is 4.79 Å². The fourth-order valence-corrected chi connectivity index (χ4v) is 3.03. The van der Waals surface area contributed by atoms with Gasteiger partial charge in [0.1, 0.15) is 17.1 Å². The Morgan fingerprint density at radius 1 is 0.963 bits per heavy atom. The number of anilines is 1. The molecule has 4 rings (SSSR count). The lowest BCUT2D eigenvalue weighted by atomic mass is 10.2. The van der Waals surface area contributed by atoms with Crippen LogP contribution in [0, 0.1) is 13.8 Å². The quantitative estimate of drug-likeness (QED) is 0.559. The summed E-state index contributed by atoms with van der Waals surface area (Å²) < 4.78 is 7.74. The molecule has 0 saturated heterocycles. The number of nitrogens with zero attached hydrogens (tertiary/aromatic N) is 2. The summed E-state index contributed by atoms with van der Waals surface area (Å²) in [6.07, 6.45) is 1.86. The lowest BCUT2D eigenvalue weighted by Crippen LogP contribution is -2.12. The molecule has 27 heavy (non-hydrogen) atoms. The van der Waals surface area contributed by atoms with Gasteiger partial charge in [-0.2, -0.15) is 0 Å². The van der Waals surface area contributed by atoms with Crippen molar-refractivity contribution >= 4 is 17.2 Å². The second kappa shape index (κ2) is 6.96. The minimum Gasteiger partial charge on any atom is -0.457 e. The number of fused-ring (bicyclic) bond motifs is 1. The molecule has 2 aromatic carbocycles. The molecule has 0 aliphatic carbocycles. The minimum absolute atomic E-state index is 0.202. The van der Waals surface area contributed by atoms with Crippen LogP contribution in [0.3, 0.4) is 0 Å². The van der Waals surface area contributed by atoms with Gasteiger partial charge in [0.25, 0.3) is 5.91 Å². The van der Waals surface area contributed by atoms with Gasteiger partial charge in [-0.15, -0.1) is 0 Å². The van der Waals surface area contributed by atoms with Crippen LogP contribution in [0.4, 0.5) is 5.69 Å². The van der Waals surface area contributed by atoms with Crippen molar-refractivity contribution in [1.82, 2.24) is 9.38 Å². The van der Waals surface area contributed by atoms with E-state index in [4.69, 9.17) is 4.74 Å². The fraction of sp³-hybridized carbons (Fsp3) is 0.0909. The molecule has 2 aromatic heterocycles. The monoisotopic (exact) mass is 357 g/mol. The van der Waals surface area contributed by atoms with Crippen LogP contribution in [0.15, 0.2) is 72.9 Å². The molecule has 5 nitrogen and oxygen atoms in total. The molecule has 1 N–H and O–H groups in total. The predicted octanol–water partition coefficient (Wildman–Crippen LogP) is 5.00. The highest BCUT2D eigenvalue weighted by atomic mass is 16.5. The van der Waals surface area contributed by atoms with Crippen molar-refractivity contribution in [2.45, 2.75) is 13.8 Å². The average molecular weight is 357 g/mol. The lowest BCUT2D eigenvalue weighted by Gasteiger charge is -2.09. The molecule has 0 aliphatic heterocycles. The number of rotatable bonds is 4. The van der Waals surface area contributed by atoms with Gasteiger partial charge >= 0.3 is 0 Å². The molecule has 134 valence electrons.